The Morgan fingerprint density at radius 1 is 0.947 bits per heavy atom. The van der Waals surface area contributed by atoms with Gasteiger partial charge in [0, 0.05) is 10.2 Å². The molecule has 0 heterocycles. The lowest BCUT2D eigenvalue weighted by molar-refractivity contribution is 0.531. The average Bonchev–Trinajstić information content (AvgIpc) is 2.41. The molecule has 0 spiro atoms. The molecule has 2 aromatic carbocycles. The summed E-state index contributed by atoms with van der Waals surface area (Å²) in [7, 11) is 0. The third-order valence-corrected chi connectivity index (χ3v) is 3.62. The lowest BCUT2D eigenvalue weighted by atomic mass is 9.97. The second-order valence-electron chi connectivity index (χ2n) is 5.24. The van der Waals surface area contributed by atoms with Gasteiger partial charge in [0.1, 0.15) is 0 Å². The molecule has 1 N–H and O–H groups in total. The minimum Gasteiger partial charge on any atom is -0.378 e. The molecular weight excluding hydrogens is 298 g/mol. The van der Waals surface area contributed by atoms with Crippen molar-refractivity contribution in [3.05, 3.63) is 64.6 Å². The number of benzene rings is 2. The topological polar surface area (TPSA) is 12.0 Å². The van der Waals surface area contributed by atoms with Crippen LogP contribution in [-0.4, -0.2) is 0 Å². The van der Waals surface area contributed by atoms with E-state index < -0.39 is 0 Å². The highest BCUT2D eigenvalue weighted by Gasteiger charge is 2.12. The third kappa shape index (κ3) is 4.39. The van der Waals surface area contributed by atoms with Gasteiger partial charge in [0.25, 0.3) is 0 Å². The summed E-state index contributed by atoms with van der Waals surface area (Å²) in [4.78, 5) is 0. The molecule has 1 atom stereocenters. The van der Waals surface area contributed by atoms with Gasteiger partial charge in [-0.25, -0.2) is 0 Å². The summed E-state index contributed by atoms with van der Waals surface area (Å²) in [6.07, 6.45) is 1.13. The standard InChI is InChI=1S/C17H20BrN/c1-13(2)12-17(14-6-4-3-5-7-14)19-16-10-8-15(18)9-11-16/h3-11,13,17,19H,12H2,1-2H3. The lowest BCUT2D eigenvalue weighted by Gasteiger charge is -2.22. The van der Waals surface area contributed by atoms with Crippen molar-refractivity contribution >= 4 is 21.6 Å². The van der Waals surface area contributed by atoms with Crippen molar-refractivity contribution in [1.82, 2.24) is 0 Å². The average molecular weight is 318 g/mol. The van der Waals surface area contributed by atoms with Crippen LogP contribution in [0.2, 0.25) is 0 Å². The van der Waals surface area contributed by atoms with Crippen molar-refractivity contribution in [2.24, 2.45) is 5.92 Å². The Labute approximate surface area is 124 Å². The molecule has 0 aliphatic rings. The fourth-order valence-corrected chi connectivity index (χ4v) is 2.45. The van der Waals surface area contributed by atoms with Crippen molar-refractivity contribution in [2.45, 2.75) is 26.3 Å². The Balaban J connectivity index is 2.16. The molecule has 0 aliphatic heterocycles. The SMILES string of the molecule is CC(C)CC(Nc1ccc(Br)cc1)c1ccccc1. The predicted molar refractivity (Wildman–Crippen MR) is 86.4 cm³/mol. The van der Waals surface area contributed by atoms with Crippen molar-refractivity contribution in [1.29, 1.82) is 0 Å². The van der Waals surface area contributed by atoms with Gasteiger partial charge < -0.3 is 5.32 Å². The summed E-state index contributed by atoms with van der Waals surface area (Å²) in [6.45, 7) is 4.53. The maximum atomic E-state index is 3.63. The first-order valence-corrected chi connectivity index (χ1v) is 7.51. The van der Waals surface area contributed by atoms with Crippen molar-refractivity contribution < 1.29 is 0 Å². The van der Waals surface area contributed by atoms with Crippen LogP contribution in [0.25, 0.3) is 0 Å². The van der Waals surface area contributed by atoms with Crippen molar-refractivity contribution in [3.63, 3.8) is 0 Å². The Morgan fingerprint density at radius 2 is 1.58 bits per heavy atom. The van der Waals surface area contributed by atoms with Crippen LogP contribution >= 0.6 is 15.9 Å². The molecule has 1 unspecified atom stereocenters. The van der Waals surface area contributed by atoms with Gasteiger partial charge in [-0.2, -0.15) is 0 Å². The van der Waals surface area contributed by atoms with E-state index in [4.69, 9.17) is 0 Å². The van der Waals surface area contributed by atoms with E-state index in [1.807, 2.05) is 0 Å². The predicted octanol–water partition coefficient (Wildman–Crippen LogP) is 5.65. The fourth-order valence-electron chi connectivity index (χ4n) is 2.18. The third-order valence-electron chi connectivity index (χ3n) is 3.09. The van der Waals surface area contributed by atoms with E-state index in [1.54, 1.807) is 0 Å². The van der Waals surface area contributed by atoms with Gasteiger partial charge in [0.15, 0.2) is 0 Å². The zero-order valence-corrected chi connectivity index (χ0v) is 13.0. The van der Waals surface area contributed by atoms with Crippen LogP contribution in [0.1, 0.15) is 31.9 Å². The fraction of sp³-hybridized carbons (Fsp3) is 0.294. The van der Waals surface area contributed by atoms with Crippen LogP contribution in [0.15, 0.2) is 59.1 Å². The van der Waals surface area contributed by atoms with Gasteiger partial charge >= 0.3 is 0 Å². The van der Waals surface area contributed by atoms with E-state index in [0.29, 0.717) is 12.0 Å². The summed E-state index contributed by atoms with van der Waals surface area (Å²) in [6, 6.07) is 19.4. The normalized spacial score (nSPS) is 12.4. The highest BCUT2D eigenvalue weighted by molar-refractivity contribution is 9.10. The van der Waals surface area contributed by atoms with Crippen LogP contribution in [-0.2, 0) is 0 Å². The molecule has 19 heavy (non-hydrogen) atoms. The molecule has 2 heteroatoms. The molecule has 100 valence electrons. The Bertz CT molecular complexity index is 490. The zero-order valence-electron chi connectivity index (χ0n) is 11.4. The van der Waals surface area contributed by atoms with E-state index in [1.165, 1.54) is 5.56 Å². The Kier molecular flexibility index (Phi) is 5.03. The molecule has 0 radical (unpaired) electrons. The van der Waals surface area contributed by atoms with Crippen LogP contribution in [0.5, 0.6) is 0 Å². The van der Waals surface area contributed by atoms with Gasteiger partial charge in [-0.05, 0) is 42.2 Å². The molecule has 0 saturated heterocycles. The molecule has 0 aliphatic carbocycles. The first-order valence-electron chi connectivity index (χ1n) is 6.72. The van der Waals surface area contributed by atoms with Crippen LogP contribution in [0, 0.1) is 5.92 Å². The summed E-state index contributed by atoms with van der Waals surface area (Å²) in [5.74, 6) is 0.660. The van der Waals surface area contributed by atoms with Gasteiger partial charge in [0.2, 0.25) is 0 Å². The zero-order chi connectivity index (χ0) is 13.7. The highest BCUT2D eigenvalue weighted by Crippen LogP contribution is 2.26. The van der Waals surface area contributed by atoms with Crippen LogP contribution in [0.3, 0.4) is 0 Å². The van der Waals surface area contributed by atoms with E-state index >= 15 is 0 Å². The maximum Gasteiger partial charge on any atom is 0.0516 e. The van der Waals surface area contributed by atoms with Gasteiger partial charge in [0.05, 0.1) is 6.04 Å². The minimum atomic E-state index is 0.363. The molecule has 2 aromatic rings. The highest BCUT2D eigenvalue weighted by atomic mass is 79.9. The van der Waals surface area contributed by atoms with Gasteiger partial charge in [-0.3, -0.25) is 0 Å². The summed E-state index contributed by atoms with van der Waals surface area (Å²) in [5, 5.41) is 3.63. The van der Waals surface area contributed by atoms with Crippen LogP contribution < -0.4 is 5.32 Å². The van der Waals surface area contributed by atoms with E-state index in [-0.39, 0.29) is 0 Å². The first kappa shape index (κ1) is 14.1. The number of anilines is 1. The number of nitrogens with one attached hydrogen (secondary N) is 1. The van der Waals surface area contributed by atoms with E-state index in [0.717, 1.165) is 16.6 Å². The summed E-state index contributed by atoms with van der Waals surface area (Å²) >= 11 is 3.47. The second kappa shape index (κ2) is 6.76. The number of rotatable bonds is 5. The first-order chi connectivity index (χ1) is 9.15. The maximum absolute atomic E-state index is 3.63. The van der Waals surface area contributed by atoms with Crippen molar-refractivity contribution in [3.8, 4) is 0 Å². The number of halogens is 1. The molecule has 0 amide bonds. The molecule has 2 rings (SSSR count). The van der Waals surface area contributed by atoms with E-state index in [9.17, 15) is 0 Å². The van der Waals surface area contributed by atoms with E-state index in [2.05, 4.69) is 89.7 Å². The molecular formula is C17H20BrN. The minimum absolute atomic E-state index is 0.363. The second-order valence-corrected chi connectivity index (χ2v) is 6.16. The monoisotopic (exact) mass is 317 g/mol. The van der Waals surface area contributed by atoms with Gasteiger partial charge in [-0.15, -0.1) is 0 Å². The lowest BCUT2D eigenvalue weighted by Crippen LogP contribution is -2.13. The Hall–Kier alpha value is -1.28. The summed E-state index contributed by atoms with van der Waals surface area (Å²) < 4.78 is 1.11. The number of hydrogen-bond acceptors (Lipinski definition) is 1. The number of hydrogen-bond donors (Lipinski definition) is 1. The van der Waals surface area contributed by atoms with Crippen molar-refractivity contribution in [2.75, 3.05) is 5.32 Å². The molecule has 0 fully saturated rings. The molecule has 1 nitrogen and oxygen atoms in total. The molecule has 0 bridgehead atoms. The molecule has 0 aromatic heterocycles. The largest absolute Gasteiger partial charge is 0.378 e. The smallest absolute Gasteiger partial charge is 0.0516 e. The Morgan fingerprint density at radius 3 is 2.16 bits per heavy atom. The quantitative estimate of drug-likeness (QED) is 0.751. The molecule has 0 saturated carbocycles. The summed E-state index contributed by atoms with van der Waals surface area (Å²) in [5.41, 5.74) is 2.51. The van der Waals surface area contributed by atoms with Gasteiger partial charge in [-0.1, -0.05) is 60.1 Å². The van der Waals surface area contributed by atoms with Crippen LogP contribution in [0.4, 0.5) is 5.69 Å².